The minimum atomic E-state index is 0.592. The Morgan fingerprint density at radius 2 is 2.56 bits per heavy atom. The van der Waals surface area contributed by atoms with Crippen LogP contribution in [0.4, 0.5) is 0 Å². The van der Waals surface area contributed by atoms with Crippen molar-refractivity contribution in [1.29, 1.82) is 0 Å². The molecule has 0 aromatic rings. The molecule has 1 saturated heterocycles. The van der Waals surface area contributed by atoms with Crippen molar-refractivity contribution in [3.05, 3.63) is 0 Å². The van der Waals surface area contributed by atoms with Gasteiger partial charge in [-0.15, -0.1) is 0 Å². The van der Waals surface area contributed by atoms with Crippen molar-refractivity contribution in [3.63, 3.8) is 0 Å². The average molecular weight is 147 g/mol. The molecule has 1 aliphatic heterocycles. The fraction of sp³-hybridized carbons (Fsp3) is 1.00. The van der Waals surface area contributed by atoms with Crippen LogP contribution in [0.15, 0.2) is 0 Å². The quantitative estimate of drug-likeness (QED) is 0.504. The zero-order chi connectivity index (χ0) is 6.69. The summed E-state index contributed by atoms with van der Waals surface area (Å²) in [6.45, 7) is 5.35. The first-order chi connectivity index (χ1) is 4.33. The number of nitrogens with two attached hydrogens (primary N) is 1. The van der Waals surface area contributed by atoms with E-state index in [1.165, 1.54) is 12.1 Å². The Kier molecular flexibility index (Phi) is 2.78. The second-order valence-corrected chi connectivity index (χ2v) is 3.08. The molecule has 0 saturated carbocycles. The van der Waals surface area contributed by atoms with Crippen LogP contribution in [0.2, 0.25) is 0 Å². The van der Waals surface area contributed by atoms with E-state index in [2.05, 4.69) is 16.5 Å². The normalized spacial score (nSPS) is 30.7. The summed E-state index contributed by atoms with van der Waals surface area (Å²) in [6.07, 6.45) is 0. The van der Waals surface area contributed by atoms with Gasteiger partial charge >= 0.3 is 0 Å². The molecule has 0 spiro atoms. The first-order valence-electron chi connectivity index (χ1n) is 3.18. The Bertz CT molecular complexity index is 88.3. The van der Waals surface area contributed by atoms with E-state index in [-0.39, 0.29) is 0 Å². The molecule has 0 radical (unpaired) electrons. The van der Waals surface area contributed by atoms with Crippen molar-refractivity contribution in [2.75, 3.05) is 19.6 Å². The van der Waals surface area contributed by atoms with Gasteiger partial charge in [-0.25, -0.2) is 4.31 Å². The van der Waals surface area contributed by atoms with Crippen LogP contribution in [-0.2, 0) is 0 Å². The molecule has 0 amide bonds. The van der Waals surface area contributed by atoms with E-state index in [1.54, 1.807) is 0 Å². The van der Waals surface area contributed by atoms with Crippen LogP contribution < -0.4 is 10.5 Å². The van der Waals surface area contributed by atoms with Gasteiger partial charge in [-0.2, -0.15) is 0 Å². The summed E-state index contributed by atoms with van der Waals surface area (Å²) >= 11 is 1.34. The molecule has 9 heavy (non-hydrogen) atoms. The minimum absolute atomic E-state index is 0.592. The molecule has 0 bridgehead atoms. The second-order valence-electron chi connectivity index (χ2n) is 2.35. The summed E-state index contributed by atoms with van der Waals surface area (Å²) in [4.78, 5) is 0. The smallest absolute Gasteiger partial charge is 0.0253 e. The molecule has 1 aliphatic rings. The summed E-state index contributed by atoms with van der Waals surface area (Å²) in [6, 6.07) is 0.592. The van der Waals surface area contributed by atoms with E-state index in [4.69, 9.17) is 5.14 Å². The molecular formula is C5H13N3S. The van der Waals surface area contributed by atoms with Gasteiger partial charge < -0.3 is 5.32 Å². The van der Waals surface area contributed by atoms with E-state index < -0.39 is 0 Å². The van der Waals surface area contributed by atoms with Crippen LogP contribution in [-0.4, -0.2) is 30.0 Å². The lowest BCUT2D eigenvalue weighted by Crippen LogP contribution is -2.46. The van der Waals surface area contributed by atoms with E-state index in [0.717, 1.165) is 19.6 Å². The van der Waals surface area contributed by atoms with Gasteiger partial charge in [0.05, 0.1) is 0 Å². The number of nitrogens with zero attached hydrogens (tertiary/aromatic N) is 1. The fourth-order valence-corrected chi connectivity index (χ4v) is 1.50. The van der Waals surface area contributed by atoms with Crippen LogP contribution in [0.1, 0.15) is 6.92 Å². The molecule has 4 heteroatoms. The fourth-order valence-electron chi connectivity index (χ4n) is 0.993. The molecule has 1 heterocycles. The lowest BCUT2D eigenvalue weighted by Gasteiger charge is -2.28. The molecule has 3 N–H and O–H groups in total. The lowest BCUT2D eigenvalue weighted by atomic mass is 10.3. The highest BCUT2D eigenvalue weighted by Crippen LogP contribution is 2.04. The number of hydrogen-bond acceptors (Lipinski definition) is 4. The van der Waals surface area contributed by atoms with Gasteiger partial charge in [0.2, 0.25) is 0 Å². The zero-order valence-corrected chi connectivity index (χ0v) is 6.45. The van der Waals surface area contributed by atoms with Crippen LogP contribution in [0.5, 0.6) is 0 Å². The van der Waals surface area contributed by atoms with Crippen molar-refractivity contribution in [2.24, 2.45) is 5.14 Å². The Morgan fingerprint density at radius 1 is 1.78 bits per heavy atom. The zero-order valence-electron chi connectivity index (χ0n) is 5.63. The van der Waals surface area contributed by atoms with Gasteiger partial charge in [-0.1, -0.05) is 0 Å². The minimum Gasteiger partial charge on any atom is -0.312 e. The van der Waals surface area contributed by atoms with Gasteiger partial charge in [0.15, 0.2) is 0 Å². The first kappa shape index (κ1) is 7.34. The number of hydrogen-bond donors (Lipinski definition) is 2. The van der Waals surface area contributed by atoms with Crippen LogP contribution >= 0.6 is 12.1 Å². The Hall–Kier alpha value is 0.230. The predicted octanol–water partition coefficient (Wildman–Crippen LogP) is -0.198. The van der Waals surface area contributed by atoms with E-state index in [9.17, 15) is 0 Å². The SMILES string of the molecule is CC1CN(SN)CCN1. The van der Waals surface area contributed by atoms with E-state index >= 15 is 0 Å². The first-order valence-corrected chi connectivity index (χ1v) is 4.02. The summed E-state index contributed by atoms with van der Waals surface area (Å²) in [7, 11) is 0. The van der Waals surface area contributed by atoms with Gasteiger partial charge in [-0.3, -0.25) is 5.14 Å². The molecule has 0 aromatic heterocycles. The number of nitrogens with one attached hydrogen (secondary N) is 1. The van der Waals surface area contributed by atoms with Gasteiger partial charge in [0.25, 0.3) is 0 Å². The molecule has 0 aromatic carbocycles. The van der Waals surface area contributed by atoms with Crippen molar-refractivity contribution in [2.45, 2.75) is 13.0 Å². The standard InChI is InChI=1S/C5H13N3S/c1-5-4-8(9-6)3-2-7-5/h5,7H,2-4,6H2,1H3. The molecule has 54 valence electrons. The third kappa shape index (κ3) is 2.14. The Morgan fingerprint density at radius 3 is 3.00 bits per heavy atom. The molecule has 1 rings (SSSR count). The summed E-state index contributed by atoms with van der Waals surface area (Å²) in [5, 5.41) is 8.72. The Labute approximate surface area is 60.2 Å². The van der Waals surface area contributed by atoms with Crippen molar-refractivity contribution in [3.8, 4) is 0 Å². The summed E-state index contributed by atoms with van der Waals surface area (Å²) < 4.78 is 2.17. The monoisotopic (exact) mass is 147 g/mol. The maximum atomic E-state index is 5.38. The highest BCUT2D eigenvalue weighted by atomic mass is 32.2. The topological polar surface area (TPSA) is 41.3 Å². The predicted molar refractivity (Wildman–Crippen MR) is 40.8 cm³/mol. The van der Waals surface area contributed by atoms with E-state index in [0.29, 0.717) is 6.04 Å². The van der Waals surface area contributed by atoms with E-state index in [1.807, 2.05) is 0 Å². The van der Waals surface area contributed by atoms with Gasteiger partial charge in [0, 0.05) is 37.8 Å². The molecule has 1 atom stereocenters. The molecule has 1 unspecified atom stereocenters. The summed E-state index contributed by atoms with van der Waals surface area (Å²) in [5.74, 6) is 0. The Balaban J connectivity index is 2.23. The average Bonchev–Trinajstić information content (AvgIpc) is 1.88. The molecular weight excluding hydrogens is 134 g/mol. The molecule has 3 nitrogen and oxygen atoms in total. The van der Waals surface area contributed by atoms with Gasteiger partial charge in [-0.05, 0) is 6.92 Å². The summed E-state index contributed by atoms with van der Waals surface area (Å²) in [5.41, 5.74) is 0. The maximum absolute atomic E-state index is 5.38. The van der Waals surface area contributed by atoms with Crippen LogP contribution in [0.25, 0.3) is 0 Å². The van der Waals surface area contributed by atoms with Crippen LogP contribution in [0.3, 0.4) is 0 Å². The molecule has 1 fully saturated rings. The maximum Gasteiger partial charge on any atom is 0.0253 e. The van der Waals surface area contributed by atoms with Crippen LogP contribution in [0, 0.1) is 0 Å². The number of rotatable bonds is 1. The highest BCUT2D eigenvalue weighted by molar-refractivity contribution is 7.94. The third-order valence-electron chi connectivity index (χ3n) is 1.48. The lowest BCUT2D eigenvalue weighted by molar-refractivity contribution is 0.335. The van der Waals surface area contributed by atoms with Crippen molar-refractivity contribution in [1.82, 2.24) is 9.62 Å². The second kappa shape index (κ2) is 3.41. The third-order valence-corrected chi connectivity index (χ3v) is 2.11. The number of piperazine rings is 1. The largest absolute Gasteiger partial charge is 0.312 e. The van der Waals surface area contributed by atoms with Crippen molar-refractivity contribution < 1.29 is 0 Å². The highest BCUT2D eigenvalue weighted by Gasteiger charge is 2.13. The van der Waals surface area contributed by atoms with Gasteiger partial charge in [0.1, 0.15) is 0 Å². The van der Waals surface area contributed by atoms with Crippen molar-refractivity contribution >= 4 is 12.1 Å². The molecule has 0 aliphatic carbocycles.